The first-order chi connectivity index (χ1) is 7.72. The van der Waals surface area contributed by atoms with E-state index < -0.39 is 9.84 Å². The monoisotopic (exact) mass is 259 g/mol. The highest BCUT2D eigenvalue weighted by Gasteiger charge is 2.16. The van der Waals surface area contributed by atoms with E-state index in [1.807, 2.05) is 32.5 Å². The Bertz CT molecular complexity index is 491. The van der Waals surface area contributed by atoms with Gasteiger partial charge in [0.2, 0.25) is 0 Å². The molecular weight excluding hydrogens is 238 g/mol. The van der Waals surface area contributed by atoms with Crippen molar-refractivity contribution in [1.82, 2.24) is 15.1 Å². The maximum absolute atomic E-state index is 11.0. The molecule has 0 amide bonds. The maximum Gasteiger partial charge on any atom is 0.148 e. The molecule has 1 unspecified atom stereocenters. The molecule has 5 nitrogen and oxygen atoms in total. The molecule has 0 bridgehead atoms. The number of rotatable bonds is 5. The number of nitrogens with one attached hydrogen (secondary N) is 1. The molecule has 1 heterocycles. The van der Waals surface area contributed by atoms with Crippen molar-refractivity contribution in [1.29, 1.82) is 0 Å². The van der Waals surface area contributed by atoms with Crippen molar-refractivity contribution in [2.24, 2.45) is 7.05 Å². The summed E-state index contributed by atoms with van der Waals surface area (Å²) in [5.74, 6) is 0.162. The zero-order valence-electron chi connectivity index (χ0n) is 11.1. The Balaban J connectivity index is 2.67. The second-order valence-electron chi connectivity index (χ2n) is 4.51. The maximum atomic E-state index is 11.0. The van der Waals surface area contributed by atoms with Gasteiger partial charge in [-0.3, -0.25) is 4.68 Å². The molecule has 17 heavy (non-hydrogen) atoms. The number of aromatic nitrogens is 2. The van der Waals surface area contributed by atoms with E-state index in [1.165, 1.54) is 6.26 Å². The van der Waals surface area contributed by atoms with Crippen molar-refractivity contribution < 1.29 is 8.42 Å². The van der Waals surface area contributed by atoms with Gasteiger partial charge in [0.1, 0.15) is 9.84 Å². The van der Waals surface area contributed by atoms with Gasteiger partial charge in [-0.1, -0.05) is 0 Å². The zero-order valence-corrected chi connectivity index (χ0v) is 11.9. The summed E-state index contributed by atoms with van der Waals surface area (Å²) in [4.78, 5) is 0. The Hall–Kier alpha value is -0.880. The molecule has 0 spiro atoms. The molecule has 1 N–H and O–H groups in total. The normalized spacial score (nSPS) is 13.9. The second-order valence-corrected chi connectivity index (χ2v) is 6.77. The number of hydrogen-bond donors (Lipinski definition) is 1. The molecule has 0 aliphatic heterocycles. The van der Waals surface area contributed by atoms with Crippen molar-refractivity contribution in [2.75, 3.05) is 18.6 Å². The number of aryl methyl sites for hydroxylation is 2. The molecule has 0 saturated carbocycles. The van der Waals surface area contributed by atoms with Crippen LogP contribution in [-0.4, -0.2) is 36.8 Å². The lowest BCUT2D eigenvalue weighted by atomic mass is 10.1. The number of sulfone groups is 1. The van der Waals surface area contributed by atoms with E-state index in [0.717, 1.165) is 17.0 Å². The summed E-state index contributed by atoms with van der Waals surface area (Å²) < 4.78 is 23.9. The largest absolute Gasteiger partial charge is 0.309 e. The number of nitrogens with zero attached hydrogens (tertiary/aromatic N) is 2. The summed E-state index contributed by atoms with van der Waals surface area (Å²) in [5, 5.41) is 7.56. The molecule has 6 heteroatoms. The first-order valence-electron chi connectivity index (χ1n) is 5.63. The summed E-state index contributed by atoms with van der Waals surface area (Å²) >= 11 is 0. The van der Waals surface area contributed by atoms with Gasteiger partial charge in [-0.15, -0.1) is 0 Å². The van der Waals surface area contributed by atoms with E-state index in [9.17, 15) is 8.42 Å². The van der Waals surface area contributed by atoms with Crippen LogP contribution in [0.25, 0.3) is 0 Å². The highest BCUT2D eigenvalue weighted by Crippen LogP contribution is 2.20. The van der Waals surface area contributed by atoms with Gasteiger partial charge in [0.05, 0.1) is 11.4 Å². The smallest absolute Gasteiger partial charge is 0.148 e. The van der Waals surface area contributed by atoms with Crippen LogP contribution < -0.4 is 5.32 Å². The van der Waals surface area contributed by atoms with Crippen LogP contribution in [-0.2, 0) is 16.9 Å². The molecule has 1 rings (SSSR count). The van der Waals surface area contributed by atoms with E-state index >= 15 is 0 Å². The van der Waals surface area contributed by atoms with E-state index in [4.69, 9.17) is 0 Å². The van der Waals surface area contributed by atoms with Crippen molar-refractivity contribution in [3.63, 3.8) is 0 Å². The minimum atomic E-state index is -2.90. The molecule has 0 radical (unpaired) electrons. The average molecular weight is 259 g/mol. The quantitative estimate of drug-likeness (QED) is 0.847. The molecular formula is C11H21N3O2S. The number of hydrogen-bond acceptors (Lipinski definition) is 4. The van der Waals surface area contributed by atoms with Crippen molar-refractivity contribution in [2.45, 2.75) is 26.8 Å². The standard InChI is InChI=1S/C11H21N3O2S/c1-8(12-6-7-17(5,15)16)11-9(2)13-14(4)10(11)3/h8,12H,6-7H2,1-5H3. The first kappa shape index (κ1) is 14.2. The van der Waals surface area contributed by atoms with Gasteiger partial charge in [-0.2, -0.15) is 5.10 Å². The SMILES string of the molecule is Cc1nn(C)c(C)c1C(C)NCCS(C)(=O)=O. The van der Waals surface area contributed by atoms with Crippen LogP contribution in [0.1, 0.15) is 29.9 Å². The van der Waals surface area contributed by atoms with Crippen LogP contribution in [0.3, 0.4) is 0 Å². The van der Waals surface area contributed by atoms with Crippen LogP contribution in [0, 0.1) is 13.8 Å². The molecule has 0 aliphatic rings. The van der Waals surface area contributed by atoms with Gasteiger partial charge in [-0.05, 0) is 20.8 Å². The molecule has 0 saturated heterocycles. The lowest BCUT2D eigenvalue weighted by Gasteiger charge is -2.14. The minimum absolute atomic E-state index is 0.116. The molecule has 0 fully saturated rings. The predicted molar refractivity (Wildman–Crippen MR) is 68.8 cm³/mol. The first-order valence-corrected chi connectivity index (χ1v) is 7.69. The van der Waals surface area contributed by atoms with E-state index in [-0.39, 0.29) is 11.8 Å². The minimum Gasteiger partial charge on any atom is -0.309 e. The Morgan fingerprint density at radius 3 is 2.41 bits per heavy atom. The van der Waals surface area contributed by atoms with Crippen LogP contribution in [0.4, 0.5) is 0 Å². The molecule has 98 valence electrons. The zero-order chi connectivity index (χ0) is 13.2. The Labute approximate surface area is 103 Å². The average Bonchev–Trinajstić information content (AvgIpc) is 2.38. The summed E-state index contributed by atoms with van der Waals surface area (Å²) in [5.41, 5.74) is 3.26. The molecule has 0 aliphatic carbocycles. The van der Waals surface area contributed by atoms with Gasteiger partial charge in [-0.25, -0.2) is 8.42 Å². The van der Waals surface area contributed by atoms with Gasteiger partial charge in [0.15, 0.2) is 0 Å². The second kappa shape index (κ2) is 5.18. The Kier molecular flexibility index (Phi) is 4.32. The molecule has 0 aromatic carbocycles. The van der Waals surface area contributed by atoms with Gasteiger partial charge < -0.3 is 5.32 Å². The van der Waals surface area contributed by atoms with Gasteiger partial charge in [0, 0.05) is 37.1 Å². The fourth-order valence-electron chi connectivity index (χ4n) is 1.98. The van der Waals surface area contributed by atoms with Crippen LogP contribution >= 0.6 is 0 Å². The third-order valence-electron chi connectivity index (χ3n) is 2.92. The third kappa shape index (κ3) is 3.81. The summed E-state index contributed by atoms with van der Waals surface area (Å²) in [6.07, 6.45) is 1.25. The lowest BCUT2D eigenvalue weighted by molar-refractivity contribution is 0.572. The highest BCUT2D eigenvalue weighted by atomic mass is 32.2. The summed E-state index contributed by atoms with van der Waals surface area (Å²) in [7, 11) is -0.989. The predicted octanol–water partition coefficient (Wildman–Crippen LogP) is 0.732. The van der Waals surface area contributed by atoms with E-state index in [1.54, 1.807) is 0 Å². The Morgan fingerprint density at radius 2 is 2.00 bits per heavy atom. The third-order valence-corrected chi connectivity index (χ3v) is 3.87. The summed E-state index contributed by atoms with van der Waals surface area (Å²) in [6.45, 7) is 6.48. The van der Waals surface area contributed by atoms with Gasteiger partial charge >= 0.3 is 0 Å². The topological polar surface area (TPSA) is 64.0 Å². The van der Waals surface area contributed by atoms with Crippen molar-refractivity contribution in [3.8, 4) is 0 Å². The van der Waals surface area contributed by atoms with E-state index in [2.05, 4.69) is 10.4 Å². The molecule has 1 atom stereocenters. The lowest BCUT2D eigenvalue weighted by Crippen LogP contribution is -2.26. The summed E-state index contributed by atoms with van der Waals surface area (Å²) in [6, 6.07) is 0.116. The molecule has 1 aromatic heterocycles. The van der Waals surface area contributed by atoms with Crippen molar-refractivity contribution >= 4 is 9.84 Å². The fourth-order valence-corrected chi connectivity index (χ4v) is 2.47. The van der Waals surface area contributed by atoms with E-state index in [0.29, 0.717) is 6.54 Å². The highest BCUT2D eigenvalue weighted by molar-refractivity contribution is 7.90. The van der Waals surface area contributed by atoms with Crippen molar-refractivity contribution in [3.05, 3.63) is 17.0 Å². The Morgan fingerprint density at radius 1 is 1.41 bits per heavy atom. The van der Waals surface area contributed by atoms with Crippen LogP contribution in [0.15, 0.2) is 0 Å². The van der Waals surface area contributed by atoms with Crippen LogP contribution in [0.5, 0.6) is 0 Å². The van der Waals surface area contributed by atoms with Crippen LogP contribution in [0.2, 0.25) is 0 Å². The van der Waals surface area contributed by atoms with Gasteiger partial charge in [0.25, 0.3) is 0 Å². The molecule has 1 aromatic rings. The fraction of sp³-hybridized carbons (Fsp3) is 0.727.